The first kappa shape index (κ1) is 21.1. The van der Waals surface area contributed by atoms with Crippen LogP contribution in [0.5, 0.6) is 0 Å². The highest BCUT2D eigenvalue weighted by Gasteiger charge is 2.30. The molecule has 2 aromatic rings. The summed E-state index contributed by atoms with van der Waals surface area (Å²) in [6.45, 7) is 2.37. The van der Waals surface area contributed by atoms with Gasteiger partial charge in [0.15, 0.2) is 5.13 Å². The van der Waals surface area contributed by atoms with Crippen molar-refractivity contribution in [3.63, 3.8) is 0 Å². The van der Waals surface area contributed by atoms with Crippen LogP contribution in [-0.2, 0) is 9.53 Å². The van der Waals surface area contributed by atoms with Crippen molar-refractivity contribution in [2.75, 3.05) is 31.6 Å². The molecule has 0 saturated carbocycles. The second-order valence-electron chi connectivity index (χ2n) is 7.61. The van der Waals surface area contributed by atoms with Gasteiger partial charge >= 0.3 is 0 Å². The number of benzene rings is 1. The van der Waals surface area contributed by atoms with Gasteiger partial charge in [0.1, 0.15) is 5.69 Å². The lowest BCUT2D eigenvalue weighted by Gasteiger charge is -2.31. The molecule has 0 radical (unpaired) electrons. The van der Waals surface area contributed by atoms with E-state index in [4.69, 9.17) is 16.3 Å². The Morgan fingerprint density at radius 3 is 2.93 bits per heavy atom. The fourth-order valence-electron chi connectivity index (χ4n) is 3.81. The summed E-state index contributed by atoms with van der Waals surface area (Å²) < 4.78 is 5.56. The quantitative estimate of drug-likeness (QED) is 0.704. The molecular formula is C21H25ClN4O3S. The number of hydrogen-bond donors (Lipinski definition) is 2. The number of rotatable bonds is 6. The maximum absolute atomic E-state index is 12.9. The van der Waals surface area contributed by atoms with Crippen molar-refractivity contribution in [1.82, 2.24) is 15.2 Å². The molecule has 9 heteroatoms. The molecule has 3 heterocycles. The fourth-order valence-corrected chi connectivity index (χ4v) is 4.69. The van der Waals surface area contributed by atoms with Gasteiger partial charge in [-0.2, -0.15) is 0 Å². The first-order valence-corrected chi connectivity index (χ1v) is 11.5. The Balaban J connectivity index is 1.33. The lowest BCUT2D eigenvalue weighted by atomic mass is 9.97. The van der Waals surface area contributed by atoms with Crippen LogP contribution in [-0.4, -0.2) is 54.0 Å². The highest BCUT2D eigenvalue weighted by atomic mass is 35.5. The molecule has 2 atom stereocenters. The molecule has 2 aliphatic rings. The number of carbonyl (C=O) groups excluding carboxylic acids is 2. The van der Waals surface area contributed by atoms with E-state index in [0.717, 1.165) is 38.0 Å². The molecule has 2 saturated heterocycles. The number of likely N-dealkylation sites (tertiary alicyclic amines) is 1. The lowest BCUT2D eigenvalue weighted by Crippen LogP contribution is -2.46. The molecule has 2 aliphatic heterocycles. The first-order valence-electron chi connectivity index (χ1n) is 10.3. The van der Waals surface area contributed by atoms with E-state index in [1.807, 2.05) is 18.2 Å². The van der Waals surface area contributed by atoms with Crippen molar-refractivity contribution in [2.45, 2.75) is 31.8 Å². The smallest absolute Gasteiger partial charge is 0.273 e. The highest BCUT2D eigenvalue weighted by Crippen LogP contribution is 2.27. The third-order valence-corrected chi connectivity index (χ3v) is 6.53. The minimum Gasteiger partial charge on any atom is -0.376 e. The zero-order valence-corrected chi connectivity index (χ0v) is 18.2. The van der Waals surface area contributed by atoms with Gasteiger partial charge in [0.25, 0.3) is 5.91 Å². The largest absolute Gasteiger partial charge is 0.376 e. The van der Waals surface area contributed by atoms with Crippen LogP contribution in [0, 0.1) is 5.92 Å². The zero-order chi connectivity index (χ0) is 20.9. The number of carbonyl (C=O) groups is 2. The Kier molecular flexibility index (Phi) is 6.86. The number of nitrogens with one attached hydrogen (secondary N) is 2. The Hall–Kier alpha value is -2.16. The number of piperidine rings is 1. The monoisotopic (exact) mass is 448 g/mol. The number of halogens is 1. The third-order valence-electron chi connectivity index (χ3n) is 5.45. The number of amides is 2. The molecule has 4 rings (SSSR count). The van der Waals surface area contributed by atoms with Gasteiger partial charge in [-0.1, -0.05) is 23.7 Å². The maximum Gasteiger partial charge on any atom is 0.273 e. The molecule has 2 unspecified atom stereocenters. The SMILES string of the molecule is O=C(NCC1CCCO1)C1CCCN(C(=O)c2csc(Nc3ccccc3Cl)n2)C1. The number of thiazole rings is 1. The van der Waals surface area contributed by atoms with Crippen molar-refractivity contribution in [1.29, 1.82) is 0 Å². The number of nitrogens with zero attached hydrogens (tertiary/aromatic N) is 2. The van der Waals surface area contributed by atoms with Crippen molar-refractivity contribution in [3.8, 4) is 0 Å². The molecule has 7 nitrogen and oxygen atoms in total. The molecule has 2 N–H and O–H groups in total. The maximum atomic E-state index is 12.9. The predicted molar refractivity (Wildman–Crippen MR) is 117 cm³/mol. The highest BCUT2D eigenvalue weighted by molar-refractivity contribution is 7.14. The van der Waals surface area contributed by atoms with Crippen molar-refractivity contribution in [2.24, 2.45) is 5.92 Å². The van der Waals surface area contributed by atoms with Gasteiger partial charge in [0.05, 0.1) is 22.7 Å². The van der Waals surface area contributed by atoms with Crippen molar-refractivity contribution < 1.29 is 14.3 Å². The van der Waals surface area contributed by atoms with Crippen molar-refractivity contribution in [3.05, 3.63) is 40.4 Å². The summed E-state index contributed by atoms with van der Waals surface area (Å²) in [5.41, 5.74) is 1.13. The predicted octanol–water partition coefficient (Wildman–Crippen LogP) is 3.69. The van der Waals surface area contributed by atoms with Gasteiger partial charge in [0.2, 0.25) is 5.91 Å². The van der Waals surface area contributed by atoms with Gasteiger partial charge in [-0.3, -0.25) is 9.59 Å². The average molecular weight is 449 g/mol. The summed E-state index contributed by atoms with van der Waals surface area (Å²) in [6, 6.07) is 7.39. The van der Waals surface area contributed by atoms with E-state index < -0.39 is 0 Å². The fraction of sp³-hybridized carbons (Fsp3) is 0.476. The summed E-state index contributed by atoms with van der Waals surface area (Å²) in [4.78, 5) is 31.6. The average Bonchev–Trinajstić information content (AvgIpc) is 3.45. The lowest BCUT2D eigenvalue weighted by molar-refractivity contribution is -0.126. The van der Waals surface area contributed by atoms with Crippen LogP contribution in [0.4, 0.5) is 10.8 Å². The van der Waals surface area contributed by atoms with Crippen molar-refractivity contribution >= 4 is 45.6 Å². The molecule has 2 fully saturated rings. The summed E-state index contributed by atoms with van der Waals surface area (Å²) in [5, 5.41) is 9.08. The number of ether oxygens (including phenoxy) is 1. The zero-order valence-electron chi connectivity index (χ0n) is 16.6. The van der Waals surface area contributed by atoms with E-state index in [1.165, 1.54) is 11.3 Å². The van der Waals surface area contributed by atoms with E-state index in [9.17, 15) is 9.59 Å². The van der Waals surface area contributed by atoms with E-state index >= 15 is 0 Å². The Bertz CT molecular complexity index is 900. The Labute approximate surface area is 184 Å². The molecule has 160 valence electrons. The minimum atomic E-state index is -0.191. The van der Waals surface area contributed by atoms with Gasteiger partial charge in [0, 0.05) is 31.6 Å². The molecule has 1 aromatic carbocycles. The van der Waals surface area contributed by atoms with Crippen LogP contribution in [0.25, 0.3) is 0 Å². The molecule has 0 spiro atoms. The molecular weight excluding hydrogens is 424 g/mol. The van der Waals surface area contributed by atoms with Gasteiger partial charge < -0.3 is 20.3 Å². The van der Waals surface area contributed by atoms with E-state index in [1.54, 1.807) is 16.3 Å². The Morgan fingerprint density at radius 1 is 1.27 bits per heavy atom. The molecule has 1 aromatic heterocycles. The van der Waals surface area contributed by atoms with E-state index in [2.05, 4.69) is 15.6 Å². The third kappa shape index (κ3) is 5.11. The van der Waals surface area contributed by atoms with Crippen LogP contribution in [0.3, 0.4) is 0 Å². The van der Waals surface area contributed by atoms with E-state index in [0.29, 0.717) is 35.5 Å². The minimum absolute atomic E-state index is 0.00218. The summed E-state index contributed by atoms with van der Waals surface area (Å²) in [6.07, 6.45) is 3.75. The number of hydrogen-bond acceptors (Lipinski definition) is 6. The van der Waals surface area contributed by atoms with Crippen LogP contribution >= 0.6 is 22.9 Å². The summed E-state index contributed by atoms with van der Waals surface area (Å²) >= 11 is 7.52. The number of anilines is 2. The second-order valence-corrected chi connectivity index (χ2v) is 8.88. The Morgan fingerprint density at radius 2 is 2.13 bits per heavy atom. The van der Waals surface area contributed by atoms with Crippen LogP contribution in [0.15, 0.2) is 29.6 Å². The van der Waals surface area contributed by atoms with Crippen LogP contribution in [0.2, 0.25) is 5.02 Å². The molecule has 0 aliphatic carbocycles. The molecule has 30 heavy (non-hydrogen) atoms. The van der Waals surface area contributed by atoms with Crippen LogP contribution in [0.1, 0.15) is 36.2 Å². The van der Waals surface area contributed by atoms with Gasteiger partial charge in [-0.05, 0) is 37.8 Å². The summed E-state index contributed by atoms with van der Waals surface area (Å²) in [7, 11) is 0. The van der Waals surface area contributed by atoms with Crippen LogP contribution < -0.4 is 10.6 Å². The summed E-state index contributed by atoms with van der Waals surface area (Å²) in [5.74, 6) is -0.333. The topological polar surface area (TPSA) is 83.6 Å². The van der Waals surface area contributed by atoms with Gasteiger partial charge in [-0.25, -0.2) is 4.98 Å². The molecule has 2 amide bonds. The van der Waals surface area contributed by atoms with Gasteiger partial charge in [-0.15, -0.1) is 11.3 Å². The molecule has 0 bridgehead atoms. The second kappa shape index (κ2) is 9.76. The first-order chi connectivity index (χ1) is 14.6. The number of para-hydroxylation sites is 1. The normalized spacial score (nSPS) is 21.4. The number of aromatic nitrogens is 1. The van der Waals surface area contributed by atoms with E-state index in [-0.39, 0.29) is 23.8 Å². The standard InChI is InChI=1S/C21H25ClN4O3S/c22-16-7-1-2-8-17(16)24-21-25-18(13-30-21)20(28)26-9-3-5-14(12-26)19(27)23-11-15-6-4-10-29-15/h1-2,7-8,13-15H,3-6,9-12H2,(H,23,27)(H,24,25).